The van der Waals surface area contributed by atoms with E-state index in [4.69, 9.17) is 10.5 Å². The van der Waals surface area contributed by atoms with Crippen molar-refractivity contribution in [1.82, 2.24) is 4.72 Å². The van der Waals surface area contributed by atoms with Crippen molar-refractivity contribution < 1.29 is 17.5 Å². The highest BCUT2D eigenvalue weighted by Gasteiger charge is 2.13. The number of rotatable bonds is 7. The Hall–Kier alpha value is -2.90. The van der Waals surface area contributed by atoms with Gasteiger partial charge in [-0.2, -0.15) is 0 Å². The maximum absolute atomic E-state index is 13.6. The molecule has 0 amide bonds. The molecule has 3 rings (SSSR count). The maximum atomic E-state index is 13.6. The van der Waals surface area contributed by atoms with Crippen LogP contribution >= 0.6 is 0 Å². The summed E-state index contributed by atoms with van der Waals surface area (Å²) in [5.41, 5.74) is 7.25. The molecule has 0 saturated carbocycles. The quantitative estimate of drug-likeness (QED) is 0.609. The van der Waals surface area contributed by atoms with Crippen molar-refractivity contribution >= 4 is 15.7 Å². The minimum atomic E-state index is -3.64. The third-order valence-corrected chi connectivity index (χ3v) is 5.32. The lowest BCUT2D eigenvalue weighted by Gasteiger charge is -2.10. The van der Waals surface area contributed by atoms with E-state index in [1.54, 1.807) is 42.5 Å². The lowest BCUT2D eigenvalue weighted by Crippen LogP contribution is -2.23. The summed E-state index contributed by atoms with van der Waals surface area (Å²) in [5.74, 6) is 0.201. The molecule has 0 heterocycles. The summed E-state index contributed by atoms with van der Waals surface area (Å²) in [4.78, 5) is 0.142. The number of anilines is 1. The second-order valence-corrected chi connectivity index (χ2v) is 7.69. The van der Waals surface area contributed by atoms with Crippen molar-refractivity contribution in [3.8, 4) is 5.75 Å². The average Bonchev–Trinajstić information content (AvgIpc) is 2.67. The van der Waals surface area contributed by atoms with Crippen molar-refractivity contribution in [1.29, 1.82) is 0 Å². The van der Waals surface area contributed by atoms with E-state index in [1.807, 2.05) is 0 Å². The SMILES string of the molecule is Nc1ccc(S(=O)(=O)NCc2cccc(OCc3ccccc3F)c2)cc1. The van der Waals surface area contributed by atoms with E-state index in [2.05, 4.69) is 4.72 Å². The average molecular weight is 386 g/mol. The van der Waals surface area contributed by atoms with E-state index in [0.29, 0.717) is 17.0 Å². The molecule has 0 aromatic heterocycles. The molecule has 0 fully saturated rings. The van der Waals surface area contributed by atoms with E-state index in [9.17, 15) is 12.8 Å². The van der Waals surface area contributed by atoms with Gasteiger partial charge in [0.15, 0.2) is 0 Å². The van der Waals surface area contributed by atoms with Crippen LogP contribution in [0.25, 0.3) is 0 Å². The van der Waals surface area contributed by atoms with Gasteiger partial charge in [0, 0.05) is 17.8 Å². The fourth-order valence-corrected chi connectivity index (χ4v) is 3.45. The molecule has 5 nitrogen and oxygen atoms in total. The highest BCUT2D eigenvalue weighted by Crippen LogP contribution is 2.17. The van der Waals surface area contributed by atoms with E-state index < -0.39 is 10.0 Å². The van der Waals surface area contributed by atoms with Crippen LogP contribution < -0.4 is 15.2 Å². The van der Waals surface area contributed by atoms with Gasteiger partial charge in [0.25, 0.3) is 0 Å². The first-order chi connectivity index (χ1) is 12.9. The first-order valence-corrected chi connectivity index (χ1v) is 9.73. The summed E-state index contributed by atoms with van der Waals surface area (Å²) in [6.07, 6.45) is 0. The molecule has 7 heteroatoms. The minimum absolute atomic E-state index is 0.0906. The Balaban J connectivity index is 1.63. The summed E-state index contributed by atoms with van der Waals surface area (Å²) in [7, 11) is -3.64. The molecule has 3 N–H and O–H groups in total. The summed E-state index contributed by atoms with van der Waals surface area (Å²) in [6.45, 7) is 0.191. The van der Waals surface area contributed by atoms with E-state index >= 15 is 0 Å². The van der Waals surface area contributed by atoms with Crippen molar-refractivity contribution in [3.05, 3.63) is 89.7 Å². The van der Waals surface area contributed by atoms with Crippen LogP contribution in [0.5, 0.6) is 5.75 Å². The molecular weight excluding hydrogens is 367 g/mol. The van der Waals surface area contributed by atoms with Crippen LogP contribution in [0.3, 0.4) is 0 Å². The Morgan fingerprint density at radius 1 is 0.963 bits per heavy atom. The molecular formula is C20H19FN2O3S. The van der Waals surface area contributed by atoms with Gasteiger partial charge in [-0.1, -0.05) is 30.3 Å². The maximum Gasteiger partial charge on any atom is 0.240 e. The highest BCUT2D eigenvalue weighted by molar-refractivity contribution is 7.89. The number of nitrogen functional groups attached to an aromatic ring is 1. The third-order valence-electron chi connectivity index (χ3n) is 3.91. The molecule has 3 aromatic rings. The van der Waals surface area contributed by atoms with E-state index in [1.165, 1.54) is 30.3 Å². The smallest absolute Gasteiger partial charge is 0.240 e. The van der Waals surface area contributed by atoms with Crippen molar-refractivity contribution in [3.63, 3.8) is 0 Å². The summed E-state index contributed by atoms with van der Waals surface area (Å²) in [6, 6.07) is 19.3. The minimum Gasteiger partial charge on any atom is -0.489 e. The van der Waals surface area contributed by atoms with Gasteiger partial charge in [-0.15, -0.1) is 0 Å². The van der Waals surface area contributed by atoms with Gasteiger partial charge in [-0.25, -0.2) is 17.5 Å². The number of hydrogen-bond acceptors (Lipinski definition) is 4. The number of hydrogen-bond donors (Lipinski definition) is 2. The van der Waals surface area contributed by atoms with Crippen LogP contribution in [0.2, 0.25) is 0 Å². The predicted octanol–water partition coefficient (Wildman–Crippen LogP) is 3.47. The largest absolute Gasteiger partial charge is 0.489 e. The van der Waals surface area contributed by atoms with Crippen molar-refractivity contribution in [2.75, 3.05) is 5.73 Å². The van der Waals surface area contributed by atoms with Crippen molar-refractivity contribution in [2.24, 2.45) is 0 Å². The number of benzene rings is 3. The third kappa shape index (κ3) is 5.06. The second-order valence-electron chi connectivity index (χ2n) is 5.92. The lowest BCUT2D eigenvalue weighted by atomic mass is 10.2. The Labute approximate surface area is 157 Å². The first-order valence-electron chi connectivity index (χ1n) is 8.24. The fourth-order valence-electron chi connectivity index (χ4n) is 2.43. The Kier molecular flexibility index (Phi) is 5.73. The molecule has 0 spiro atoms. The molecule has 140 valence electrons. The van der Waals surface area contributed by atoms with Gasteiger partial charge in [-0.05, 0) is 48.0 Å². The van der Waals surface area contributed by atoms with Crippen molar-refractivity contribution in [2.45, 2.75) is 18.0 Å². The van der Waals surface area contributed by atoms with Crippen LogP contribution in [-0.2, 0) is 23.2 Å². The molecule has 0 bridgehead atoms. The number of nitrogens with one attached hydrogen (secondary N) is 1. The molecule has 27 heavy (non-hydrogen) atoms. The van der Waals surface area contributed by atoms with Gasteiger partial charge in [0.1, 0.15) is 18.2 Å². The highest BCUT2D eigenvalue weighted by atomic mass is 32.2. The van der Waals surface area contributed by atoms with Crippen LogP contribution in [-0.4, -0.2) is 8.42 Å². The van der Waals surface area contributed by atoms with E-state index in [0.717, 1.165) is 5.56 Å². The molecule has 0 aliphatic rings. The number of ether oxygens (including phenoxy) is 1. The van der Waals surface area contributed by atoms with Crippen LogP contribution in [0, 0.1) is 5.82 Å². The number of nitrogens with two attached hydrogens (primary N) is 1. The summed E-state index contributed by atoms with van der Waals surface area (Å²) >= 11 is 0. The van der Waals surface area contributed by atoms with Gasteiger partial charge >= 0.3 is 0 Å². The topological polar surface area (TPSA) is 81.4 Å². The fraction of sp³-hybridized carbons (Fsp3) is 0.100. The summed E-state index contributed by atoms with van der Waals surface area (Å²) < 4.78 is 46.4. The number of halogens is 1. The Bertz CT molecular complexity index is 1020. The zero-order valence-corrected chi connectivity index (χ0v) is 15.2. The molecule has 0 radical (unpaired) electrons. The monoisotopic (exact) mass is 386 g/mol. The second kappa shape index (κ2) is 8.20. The van der Waals surface area contributed by atoms with Gasteiger partial charge in [0.05, 0.1) is 4.90 Å². The van der Waals surface area contributed by atoms with Crippen LogP contribution in [0.1, 0.15) is 11.1 Å². The molecule has 0 aliphatic carbocycles. The van der Waals surface area contributed by atoms with Gasteiger partial charge in [0.2, 0.25) is 10.0 Å². The van der Waals surface area contributed by atoms with Crippen LogP contribution in [0.4, 0.5) is 10.1 Å². The number of sulfonamides is 1. The predicted molar refractivity (Wildman–Crippen MR) is 102 cm³/mol. The normalized spacial score (nSPS) is 11.3. The van der Waals surface area contributed by atoms with Gasteiger partial charge < -0.3 is 10.5 Å². The molecule has 0 atom stereocenters. The lowest BCUT2D eigenvalue weighted by molar-refractivity contribution is 0.299. The zero-order chi connectivity index (χ0) is 19.3. The Morgan fingerprint density at radius 3 is 2.44 bits per heavy atom. The first kappa shape index (κ1) is 18.9. The Morgan fingerprint density at radius 2 is 1.70 bits per heavy atom. The molecule has 0 saturated heterocycles. The zero-order valence-electron chi connectivity index (χ0n) is 14.4. The molecule has 0 aliphatic heterocycles. The molecule has 3 aromatic carbocycles. The summed E-state index contributed by atoms with van der Waals surface area (Å²) in [5, 5.41) is 0. The molecule has 0 unspecified atom stereocenters. The standard InChI is InChI=1S/C20H19FN2O3S/c21-20-7-2-1-5-16(20)14-26-18-6-3-4-15(12-18)13-23-27(24,25)19-10-8-17(22)9-11-19/h1-12,23H,13-14,22H2. The van der Waals surface area contributed by atoms with E-state index in [-0.39, 0.29) is 23.9 Å². The van der Waals surface area contributed by atoms with Gasteiger partial charge in [-0.3, -0.25) is 0 Å². The van der Waals surface area contributed by atoms with Crippen LogP contribution in [0.15, 0.2) is 77.7 Å².